The third-order valence-corrected chi connectivity index (χ3v) is 7.82. The van der Waals surface area contributed by atoms with E-state index in [1.54, 1.807) is 49.4 Å². The second-order valence-electron chi connectivity index (χ2n) is 9.44. The van der Waals surface area contributed by atoms with Gasteiger partial charge in [0.15, 0.2) is 4.80 Å². The molecule has 2 aliphatic rings. The number of carbonyl (C=O) groups excluding carboxylic acids is 1. The van der Waals surface area contributed by atoms with E-state index >= 15 is 0 Å². The van der Waals surface area contributed by atoms with Crippen LogP contribution in [0.25, 0.3) is 6.08 Å². The standard InChI is InChI=1S/C28H21F3N2O6S/c1-27-22(25(35)36-2)23(19-8-3-4-9-20(19)39-27)33-24(34)21(40-26(33)32-27)13-17-10-11-18(38-17)14-37-16-7-5-6-15(12-16)28(29,30)31/h3-13,22-23H,14H2,1-2H3/b21-13+. The van der Waals surface area contributed by atoms with Gasteiger partial charge in [-0.05, 0) is 43.3 Å². The summed E-state index contributed by atoms with van der Waals surface area (Å²) in [6.45, 7) is 1.58. The summed E-state index contributed by atoms with van der Waals surface area (Å²) < 4.78 is 63.2. The number of para-hydroxylation sites is 1. The maximum Gasteiger partial charge on any atom is 0.416 e. The lowest BCUT2D eigenvalue weighted by Crippen LogP contribution is -2.58. The summed E-state index contributed by atoms with van der Waals surface area (Å²) in [6.07, 6.45) is -2.93. The van der Waals surface area contributed by atoms with Crippen molar-refractivity contribution < 1.29 is 36.6 Å². The number of ether oxygens (including phenoxy) is 3. The molecular formula is C28H21F3N2O6S. The average Bonchev–Trinajstić information content (AvgIpc) is 3.49. The van der Waals surface area contributed by atoms with Crippen molar-refractivity contribution in [3.63, 3.8) is 0 Å². The van der Waals surface area contributed by atoms with Gasteiger partial charge in [-0.15, -0.1) is 0 Å². The van der Waals surface area contributed by atoms with E-state index in [2.05, 4.69) is 4.99 Å². The first-order valence-electron chi connectivity index (χ1n) is 12.1. The third kappa shape index (κ3) is 4.37. The topological polar surface area (TPSA) is 92.3 Å². The van der Waals surface area contributed by atoms with Crippen LogP contribution in [-0.2, 0) is 22.3 Å². The molecule has 206 valence electrons. The van der Waals surface area contributed by atoms with Crippen LogP contribution in [0.3, 0.4) is 0 Å². The molecule has 0 radical (unpaired) electrons. The van der Waals surface area contributed by atoms with E-state index in [-0.39, 0.29) is 17.9 Å². The zero-order valence-corrected chi connectivity index (χ0v) is 21.9. The Bertz CT molecular complexity index is 1810. The van der Waals surface area contributed by atoms with Crippen LogP contribution in [0.15, 0.2) is 74.9 Å². The number of carbonyl (C=O) groups is 1. The van der Waals surface area contributed by atoms with Crippen LogP contribution in [0.2, 0.25) is 0 Å². The molecule has 8 nitrogen and oxygen atoms in total. The molecule has 0 aliphatic carbocycles. The second-order valence-corrected chi connectivity index (χ2v) is 10.4. The predicted octanol–water partition coefficient (Wildman–Crippen LogP) is 4.05. The molecule has 6 rings (SSSR count). The van der Waals surface area contributed by atoms with Gasteiger partial charge in [0.25, 0.3) is 5.56 Å². The molecule has 3 atom stereocenters. The number of thiazole rings is 1. The van der Waals surface area contributed by atoms with Crippen LogP contribution >= 0.6 is 11.3 Å². The first kappa shape index (κ1) is 25.9. The van der Waals surface area contributed by atoms with Crippen molar-refractivity contribution in [1.29, 1.82) is 0 Å². The lowest BCUT2D eigenvalue weighted by atomic mass is 9.81. The number of nitrogens with zero attached hydrogens (tertiary/aromatic N) is 2. The van der Waals surface area contributed by atoms with Crippen molar-refractivity contribution in [2.24, 2.45) is 10.9 Å². The first-order chi connectivity index (χ1) is 19.1. The van der Waals surface area contributed by atoms with Crippen molar-refractivity contribution >= 4 is 23.4 Å². The van der Waals surface area contributed by atoms with Crippen molar-refractivity contribution in [3.8, 4) is 11.5 Å². The molecule has 0 saturated heterocycles. The van der Waals surface area contributed by atoms with Gasteiger partial charge in [0, 0.05) is 11.6 Å². The Hall–Kier alpha value is -4.32. The van der Waals surface area contributed by atoms with Gasteiger partial charge in [-0.2, -0.15) is 13.2 Å². The molecule has 0 saturated carbocycles. The minimum atomic E-state index is -4.48. The zero-order chi connectivity index (χ0) is 28.2. The number of esters is 1. The van der Waals surface area contributed by atoms with Gasteiger partial charge in [-0.3, -0.25) is 14.2 Å². The Balaban J connectivity index is 1.33. The van der Waals surface area contributed by atoms with E-state index in [1.165, 1.54) is 23.8 Å². The Morgan fingerprint density at radius 1 is 1.18 bits per heavy atom. The van der Waals surface area contributed by atoms with Gasteiger partial charge in [0.05, 0.1) is 23.2 Å². The molecule has 2 aliphatic heterocycles. The monoisotopic (exact) mass is 570 g/mol. The van der Waals surface area contributed by atoms with Gasteiger partial charge < -0.3 is 18.6 Å². The number of methoxy groups -OCH3 is 1. The second kappa shape index (κ2) is 9.40. The molecule has 3 unspecified atom stereocenters. The fraction of sp³-hybridized carbons (Fsp3) is 0.250. The van der Waals surface area contributed by atoms with E-state index in [1.807, 2.05) is 0 Å². The number of furan rings is 1. The molecule has 2 aromatic heterocycles. The summed E-state index contributed by atoms with van der Waals surface area (Å²) >= 11 is 1.13. The summed E-state index contributed by atoms with van der Waals surface area (Å²) in [5.41, 5.74) is -1.78. The largest absolute Gasteiger partial charge is 0.486 e. The van der Waals surface area contributed by atoms with Crippen LogP contribution in [-0.4, -0.2) is 23.4 Å². The predicted molar refractivity (Wildman–Crippen MR) is 137 cm³/mol. The molecule has 4 aromatic rings. The third-order valence-electron chi connectivity index (χ3n) is 6.83. The number of alkyl halides is 3. The Labute approximate surface area is 228 Å². The molecule has 0 amide bonds. The Morgan fingerprint density at radius 3 is 2.75 bits per heavy atom. The van der Waals surface area contributed by atoms with Crippen LogP contribution in [0.5, 0.6) is 11.5 Å². The number of benzene rings is 2. The highest BCUT2D eigenvalue weighted by molar-refractivity contribution is 7.07. The number of hydrogen-bond donors (Lipinski definition) is 0. The normalized spacial score (nSPS) is 21.6. The van der Waals surface area contributed by atoms with E-state index in [0.717, 1.165) is 23.5 Å². The van der Waals surface area contributed by atoms with E-state index in [0.29, 0.717) is 32.2 Å². The molecule has 2 bridgehead atoms. The van der Waals surface area contributed by atoms with Gasteiger partial charge in [-0.1, -0.05) is 35.6 Å². The highest BCUT2D eigenvalue weighted by Crippen LogP contribution is 2.47. The number of rotatable bonds is 5. The van der Waals surface area contributed by atoms with Crippen molar-refractivity contribution in [2.45, 2.75) is 31.5 Å². The number of fused-ring (bicyclic) bond motifs is 6. The van der Waals surface area contributed by atoms with Gasteiger partial charge >= 0.3 is 12.1 Å². The van der Waals surface area contributed by atoms with E-state index < -0.39 is 35.4 Å². The quantitative estimate of drug-likeness (QED) is 0.337. The summed E-state index contributed by atoms with van der Waals surface area (Å²) in [4.78, 5) is 31.6. The Morgan fingerprint density at radius 2 is 1.98 bits per heavy atom. The van der Waals surface area contributed by atoms with Crippen LogP contribution in [0, 0.1) is 5.92 Å². The summed E-state index contributed by atoms with van der Waals surface area (Å²) in [6, 6.07) is 14.3. The number of aromatic nitrogens is 1. The zero-order valence-electron chi connectivity index (χ0n) is 21.1. The lowest BCUT2D eigenvalue weighted by molar-refractivity contribution is -0.158. The SMILES string of the molecule is COC(=O)C1C2c3ccccc3OC1(C)N=c1s/c(=C/c3ccc(COc4cccc(C(F)(F)F)c4)o3)c(=O)n12. The summed E-state index contributed by atoms with van der Waals surface area (Å²) in [5.74, 6) is -0.158. The lowest BCUT2D eigenvalue weighted by Gasteiger charge is -2.44. The molecule has 0 N–H and O–H groups in total. The molecule has 40 heavy (non-hydrogen) atoms. The van der Waals surface area contributed by atoms with Crippen LogP contribution in [0.1, 0.15) is 35.6 Å². The van der Waals surface area contributed by atoms with Crippen molar-refractivity contribution in [1.82, 2.24) is 4.57 Å². The van der Waals surface area contributed by atoms with Gasteiger partial charge in [0.2, 0.25) is 5.72 Å². The molecule has 0 spiro atoms. The number of hydrogen-bond acceptors (Lipinski definition) is 8. The van der Waals surface area contributed by atoms with Crippen LogP contribution in [0.4, 0.5) is 13.2 Å². The van der Waals surface area contributed by atoms with E-state index in [9.17, 15) is 22.8 Å². The first-order valence-corrected chi connectivity index (χ1v) is 13.0. The minimum absolute atomic E-state index is 0.0461. The molecule has 0 fully saturated rings. The fourth-order valence-corrected chi connectivity index (χ4v) is 6.11. The highest BCUT2D eigenvalue weighted by Gasteiger charge is 2.55. The highest BCUT2D eigenvalue weighted by atomic mass is 32.1. The fourth-order valence-electron chi connectivity index (χ4n) is 5.03. The average molecular weight is 571 g/mol. The maximum absolute atomic E-state index is 13.7. The molecule has 12 heteroatoms. The van der Waals surface area contributed by atoms with Crippen molar-refractivity contribution in [3.05, 3.63) is 103 Å². The van der Waals surface area contributed by atoms with E-state index in [4.69, 9.17) is 18.6 Å². The van der Waals surface area contributed by atoms with Gasteiger partial charge in [-0.25, -0.2) is 4.99 Å². The smallest absolute Gasteiger partial charge is 0.416 e. The van der Waals surface area contributed by atoms with Crippen LogP contribution < -0.4 is 24.4 Å². The molecular weight excluding hydrogens is 549 g/mol. The minimum Gasteiger partial charge on any atom is -0.486 e. The molecule has 2 aromatic carbocycles. The van der Waals surface area contributed by atoms with Crippen molar-refractivity contribution in [2.75, 3.05) is 7.11 Å². The number of halogens is 3. The van der Waals surface area contributed by atoms with Gasteiger partial charge in [0.1, 0.15) is 35.5 Å². The Kier molecular flexibility index (Phi) is 6.10. The maximum atomic E-state index is 13.7. The summed E-state index contributed by atoms with van der Waals surface area (Å²) in [7, 11) is 1.28. The summed E-state index contributed by atoms with van der Waals surface area (Å²) in [5, 5.41) is 0. The molecule has 4 heterocycles.